The average Bonchev–Trinajstić information content (AvgIpc) is 2.35. The largest absolute Gasteiger partial charge is 0.358 e. The maximum absolute atomic E-state index is 6.00. The van der Waals surface area contributed by atoms with Gasteiger partial charge < -0.3 is 5.32 Å². The van der Waals surface area contributed by atoms with E-state index in [0.29, 0.717) is 32.3 Å². The lowest BCUT2D eigenvalue weighted by Gasteiger charge is -2.05. The van der Waals surface area contributed by atoms with E-state index in [1.165, 1.54) is 6.21 Å². The summed E-state index contributed by atoms with van der Waals surface area (Å²) < 4.78 is 0. The van der Waals surface area contributed by atoms with Crippen molar-refractivity contribution in [3.63, 3.8) is 0 Å². The first-order valence-corrected chi connectivity index (χ1v) is 6.41. The van der Waals surface area contributed by atoms with E-state index in [-0.39, 0.29) is 0 Å². The molecule has 0 aliphatic heterocycles. The minimum atomic E-state index is 0.347. The second-order valence-corrected chi connectivity index (χ2v) is 4.73. The van der Waals surface area contributed by atoms with Gasteiger partial charge in [0.25, 0.3) is 0 Å². The molecule has 0 unspecified atom stereocenters. The second-order valence-electron chi connectivity index (χ2n) is 3.13. The number of rotatable bonds is 4. The van der Waals surface area contributed by atoms with Gasteiger partial charge in [0, 0.05) is 12.1 Å². The number of hydrazone groups is 1. The molecule has 1 aromatic rings. The first-order chi connectivity index (χ1) is 8.56. The second kappa shape index (κ2) is 7.59. The van der Waals surface area contributed by atoms with Crippen LogP contribution >= 0.6 is 47.0 Å². The van der Waals surface area contributed by atoms with Gasteiger partial charge in [0.1, 0.15) is 0 Å². The van der Waals surface area contributed by atoms with Crippen molar-refractivity contribution < 1.29 is 0 Å². The van der Waals surface area contributed by atoms with Gasteiger partial charge in [-0.1, -0.05) is 40.9 Å². The number of nitrogens with zero attached hydrogens (tertiary/aromatic N) is 1. The minimum Gasteiger partial charge on any atom is -0.358 e. The van der Waals surface area contributed by atoms with Crippen molar-refractivity contribution in [1.29, 1.82) is 0 Å². The molecule has 0 spiro atoms. The molecule has 0 aromatic heterocycles. The Hall–Kier alpha value is -0.810. The monoisotopic (exact) mass is 321 g/mol. The number of nitrogens with one attached hydrogen (secondary N) is 2. The summed E-state index contributed by atoms with van der Waals surface area (Å²) in [5.41, 5.74) is 3.15. The fraction of sp³-hybridized carbons (Fsp3) is 0.0909. The third-order valence-corrected chi connectivity index (χ3v) is 3.23. The molecule has 0 radical (unpaired) electrons. The maximum atomic E-state index is 6.00. The zero-order valence-electron chi connectivity index (χ0n) is 9.21. The molecule has 0 aliphatic carbocycles. The van der Waals surface area contributed by atoms with Crippen LogP contribution in [0.15, 0.2) is 29.9 Å². The molecule has 2 N–H and O–H groups in total. The molecular formula is C11H10Cl3N3S. The van der Waals surface area contributed by atoms with E-state index in [2.05, 4.69) is 22.4 Å². The van der Waals surface area contributed by atoms with Gasteiger partial charge in [0.05, 0.1) is 21.3 Å². The SMILES string of the molecule is C=CCNC(=S)N/N=C\c1c(Cl)ccc(Cl)c1Cl. The van der Waals surface area contributed by atoms with Crippen molar-refractivity contribution in [2.24, 2.45) is 5.10 Å². The number of thiocarbonyl (C=S) groups is 1. The van der Waals surface area contributed by atoms with Crippen LogP contribution in [0.2, 0.25) is 15.1 Å². The summed E-state index contributed by atoms with van der Waals surface area (Å²) >= 11 is 22.8. The van der Waals surface area contributed by atoms with Crippen molar-refractivity contribution in [3.8, 4) is 0 Å². The molecule has 0 amide bonds. The molecule has 1 aromatic carbocycles. The fourth-order valence-electron chi connectivity index (χ4n) is 1.02. The predicted molar refractivity (Wildman–Crippen MR) is 83.0 cm³/mol. The van der Waals surface area contributed by atoms with Crippen LogP contribution in [0.3, 0.4) is 0 Å². The van der Waals surface area contributed by atoms with Gasteiger partial charge >= 0.3 is 0 Å². The van der Waals surface area contributed by atoms with Crippen LogP contribution in [0.5, 0.6) is 0 Å². The van der Waals surface area contributed by atoms with Crippen molar-refractivity contribution in [2.45, 2.75) is 0 Å². The third-order valence-electron chi connectivity index (χ3n) is 1.85. The van der Waals surface area contributed by atoms with E-state index in [1.807, 2.05) is 0 Å². The Bertz CT molecular complexity index is 489. The highest BCUT2D eigenvalue weighted by atomic mass is 35.5. The molecule has 7 heteroatoms. The molecule has 0 bridgehead atoms. The molecule has 0 aliphatic rings. The van der Waals surface area contributed by atoms with Crippen LogP contribution < -0.4 is 10.7 Å². The Morgan fingerprint density at radius 1 is 1.33 bits per heavy atom. The fourth-order valence-corrected chi connectivity index (χ4v) is 1.79. The predicted octanol–water partition coefficient (Wildman–Crippen LogP) is 3.63. The highest BCUT2D eigenvalue weighted by Gasteiger charge is 2.07. The van der Waals surface area contributed by atoms with Gasteiger partial charge in [-0.15, -0.1) is 6.58 Å². The van der Waals surface area contributed by atoms with Gasteiger partial charge in [-0.2, -0.15) is 5.10 Å². The first-order valence-electron chi connectivity index (χ1n) is 4.87. The van der Waals surface area contributed by atoms with Crippen molar-refractivity contribution in [1.82, 2.24) is 10.7 Å². The smallest absolute Gasteiger partial charge is 0.187 e. The number of halogens is 3. The van der Waals surface area contributed by atoms with E-state index < -0.39 is 0 Å². The van der Waals surface area contributed by atoms with E-state index in [1.54, 1.807) is 18.2 Å². The maximum Gasteiger partial charge on any atom is 0.187 e. The summed E-state index contributed by atoms with van der Waals surface area (Å²) in [5.74, 6) is 0. The van der Waals surface area contributed by atoms with E-state index >= 15 is 0 Å². The summed E-state index contributed by atoms with van der Waals surface area (Å²) in [7, 11) is 0. The number of benzene rings is 1. The van der Waals surface area contributed by atoms with E-state index in [9.17, 15) is 0 Å². The summed E-state index contributed by atoms with van der Waals surface area (Å²) in [6.07, 6.45) is 3.14. The van der Waals surface area contributed by atoms with Gasteiger partial charge in [-0.05, 0) is 24.4 Å². The lowest BCUT2D eigenvalue weighted by Crippen LogP contribution is -2.31. The van der Waals surface area contributed by atoms with Crippen molar-refractivity contribution in [2.75, 3.05) is 6.54 Å². The Labute approximate surface area is 126 Å². The Morgan fingerprint density at radius 2 is 2.00 bits per heavy atom. The normalized spacial score (nSPS) is 10.4. The Kier molecular flexibility index (Phi) is 6.43. The highest BCUT2D eigenvalue weighted by Crippen LogP contribution is 2.29. The third kappa shape index (κ3) is 4.46. The lowest BCUT2D eigenvalue weighted by atomic mass is 10.2. The van der Waals surface area contributed by atoms with Gasteiger partial charge in [0.15, 0.2) is 5.11 Å². The first kappa shape index (κ1) is 15.2. The highest BCUT2D eigenvalue weighted by molar-refractivity contribution is 7.80. The Balaban J connectivity index is 2.70. The van der Waals surface area contributed by atoms with Crippen LogP contribution in [0.1, 0.15) is 5.56 Å². The molecule has 18 heavy (non-hydrogen) atoms. The number of hydrogen-bond donors (Lipinski definition) is 2. The molecule has 0 heterocycles. The summed E-state index contributed by atoms with van der Waals surface area (Å²) in [4.78, 5) is 0. The van der Waals surface area contributed by atoms with Gasteiger partial charge in [-0.25, -0.2) is 0 Å². The van der Waals surface area contributed by atoms with Crippen molar-refractivity contribution in [3.05, 3.63) is 45.4 Å². The van der Waals surface area contributed by atoms with Crippen LogP contribution in [0.25, 0.3) is 0 Å². The molecule has 0 atom stereocenters. The number of hydrogen-bond acceptors (Lipinski definition) is 2. The molecule has 96 valence electrons. The molecule has 1 rings (SSSR count). The van der Waals surface area contributed by atoms with Gasteiger partial charge in [0.2, 0.25) is 0 Å². The van der Waals surface area contributed by atoms with Crippen LogP contribution in [-0.4, -0.2) is 17.9 Å². The zero-order chi connectivity index (χ0) is 13.5. The molecule has 0 saturated carbocycles. The minimum absolute atomic E-state index is 0.347. The Morgan fingerprint density at radius 3 is 2.67 bits per heavy atom. The quantitative estimate of drug-likeness (QED) is 0.292. The van der Waals surface area contributed by atoms with Crippen molar-refractivity contribution >= 4 is 58.3 Å². The summed E-state index contributed by atoms with van der Waals surface area (Å²) in [6.45, 7) is 4.11. The molecule has 0 saturated heterocycles. The zero-order valence-corrected chi connectivity index (χ0v) is 12.3. The molecular weight excluding hydrogens is 313 g/mol. The van der Waals surface area contributed by atoms with E-state index in [4.69, 9.17) is 47.0 Å². The molecule has 3 nitrogen and oxygen atoms in total. The van der Waals surface area contributed by atoms with Crippen LogP contribution in [0, 0.1) is 0 Å². The topological polar surface area (TPSA) is 36.4 Å². The summed E-state index contributed by atoms with van der Waals surface area (Å²) in [5, 5.41) is 8.36. The standard InChI is InChI=1S/C11H10Cl3N3S/c1-2-5-15-11(18)17-16-6-7-8(12)3-4-9(13)10(7)14/h2-4,6H,1,5H2,(H2,15,17,18)/b16-6-. The van der Waals surface area contributed by atoms with Crippen LogP contribution in [0.4, 0.5) is 0 Å². The lowest BCUT2D eigenvalue weighted by molar-refractivity contribution is 0.942. The average molecular weight is 323 g/mol. The van der Waals surface area contributed by atoms with E-state index in [0.717, 1.165) is 0 Å². The molecule has 0 fully saturated rings. The summed E-state index contributed by atoms with van der Waals surface area (Å²) in [6, 6.07) is 3.26. The van der Waals surface area contributed by atoms with Crippen LogP contribution in [-0.2, 0) is 0 Å². The van der Waals surface area contributed by atoms with Gasteiger partial charge in [-0.3, -0.25) is 5.43 Å².